The van der Waals surface area contributed by atoms with Gasteiger partial charge in [-0.05, 0) is 50.6 Å². The van der Waals surface area contributed by atoms with Gasteiger partial charge in [-0.1, -0.05) is 30.3 Å². The van der Waals surface area contributed by atoms with Crippen molar-refractivity contribution in [1.82, 2.24) is 4.90 Å². The van der Waals surface area contributed by atoms with Crippen LogP contribution < -0.4 is 10.6 Å². The Morgan fingerprint density at radius 1 is 1.00 bits per heavy atom. The number of rotatable bonds is 6. The minimum absolute atomic E-state index is 0.101. The summed E-state index contributed by atoms with van der Waals surface area (Å²) >= 11 is 0. The smallest absolute Gasteiger partial charge is 0.241 e. The van der Waals surface area contributed by atoms with Gasteiger partial charge in [-0.25, -0.2) is 0 Å². The number of hydrogen-bond donors (Lipinski definition) is 2. The molecule has 1 heterocycles. The lowest BCUT2D eigenvalue weighted by molar-refractivity contribution is -0.122. The van der Waals surface area contributed by atoms with Gasteiger partial charge < -0.3 is 10.6 Å². The molecule has 1 fully saturated rings. The van der Waals surface area contributed by atoms with Crippen LogP contribution in [-0.4, -0.2) is 41.6 Å². The molecular formula is C21H23N3O3. The van der Waals surface area contributed by atoms with Crippen molar-refractivity contribution in [3.63, 3.8) is 0 Å². The molecule has 2 aromatic carbocycles. The zero-order chi connectivity index (χ0) is 19.2. The average Bonchev–Trinajstić information content (AvgIpc) is 3.11. The Kier molecular flexibility index (Phi) is 5.98. The summed E-state index contributed by atoms with van der Waals surface area (Å²) < 4.78 is 0. The molecule has 140 valence electrons. The third kappa shape index (κ3) is 4.80. The Morgan fingerprint density at radius 2 is 1.70 bits per heavy atom. The Hall–Kier alpha value is -2.99. The van der Waals surface area contributed by atoms with Gasteiger partial charge in [0, 0.05) is 11.3 Å². The van der Waals surface area contributed by atoms with Crippen molar-refractivity contribution in [2.45, 2.75) is 25.8 Å². The van der Waals surface area contributed by atoms with Crippen LogP contribution in [0.2, 0.25) is 0 Å². The van der Waals surface area contributed by atoms with Gasteiger partial charge in [0.2, 0.25) is 11.8 Å². The number of Topliss-reactive ketones (excluding diaryl/α,β-unsaturated/α-hetero) is 1. The molecular weight excluding hydrogens is 342 g/mol. The molecule has 0 bridgehead atoms. The van der Waals surface area contributed by atoms with Crippen molar-refractivity contribution in [1.29, 1.82) is 0 Å². The first-order valence-electron chi connectivity index (χ1n) is 9.04. The van der Waals surface area contributed by atoms with Gasteiger partial charge in [0.05, 0.1) is 18.3 Å². The normalized spacial score (nSPS) is 16.7. The fraction of sp³-hybridized carbons (Fsp3) is 0.286. The van der Waals surface area contributed by atoms with Crippen molar-refractivity contribution in [3.05, 3.63) is 60.2 Å². The van der Waals surface area contributed by atoms with Gasteiger partial charge in [-0.15, -0.1) is 0 Å². The first-order valence-corrected chi connectivity index (χ1v) is 9.04. The van der Waals surface area contributed by atoms with Gasteiger partial charge in [0.15, 0.2) is 5.78 Å². The first-order chi connectivity index (χ1) is 13.0. The number of likely N-dealkylation sites (tertiary alicyclic amines) is 1. The van der Waals surface area contributed by atoms with Gasteiger partial charge in [-0.2, -0.15) is 0 Å². The monoisotopic (exact) mass is 365 g/mol. The number of amides is 2. The van der Waals surface area contributed by atoms with Crippen LogP contribution in [0, 0.1) is 0 Å². The molecule has 2 amide bonds. The fourth-order valence-electron chi connectivity index (χ4n) is 3.33. The highest BCUT2D eigenvalue weighted by molar-refractivity contribution is 6.04. The number of benzene rings is 2. The number of para-hydroxylation sites is 2. The van der Waals surface area contributed by atoms with E-state index in [0.717, 1.165) is 18.5 Å². The van der Waals surface area contributed by atoms with Gasteiger partial charge >= 0.3 is 0 Å². The van der Waals surface area contributed by atoms with E-state index in [1.165, 1.54) is 6.92 Å². The molecule has 0 spiro atoms. The molecule has 2 aromatic rings. The van der Waals surface area contributed by atoms with E-state index in [1.807, 2.05) is 35.2 Å². The van der Waals surface area contributed by atoms with Gasteiger partial charge in [0.1, 0.15) is 0 Å². The second-order valence-electron chi connectivity index (χ2n) is 6.63. The van der Waals surface area contributed by atoms with E-state index in [4.69, 9.17) is 0 Å². The molecule has 2 N–H and O–H groups in total. The topological polar surface area (TPSA) is 78.5 Å². The van der Waals surface area contributed by atoms with Crippen LogP contribution in [0.3, 0.4) is 0 Å². The first kappa shape index (κ1) is 18.8. The van der Waals surface area contributed by atoms with Crippen molar-refractivity contribution in [2.24, 2.45) is 0 Å². The van der Waals surface area contributed by atoms with E-state index in [2.05, 4.69) is 10.6 Å². The Morgan fingerprint density at radius 3 is 2.44 bits per heavy atom. The molecule has 6 heteroatoms. The molecule has 0 radical (unpaired) electrons. The minimum Gasteiger partial charge on any atom is -0.325 e. The maximum atomic E-state index is 12.6. The summed E-state index contributed by atoms with van der Waals surface area (Å²) in [5.41, 5.74) is 1.72. The molecule has 0 saturated carbocycles. The minimum atomic E-state index is -0.334. The molecule has 1 aliphatic rings. The predicted octanol–water partition coefficient (Wildman–Crippen LogP) is 2.93. The molecule has 1 atom stereocenters. The second kappa shape index (κ2) is 8.60. The number of hydrogen-bond acceptors (Lipinski definition) is 4. The number of ketones is 1. The van der Waals surface area contributed by atoms with Crippen LogP contribution >= 0.6 is 0 Å². The van der Waals surface area contributed by atoms with E-state index in [1.54, 1.807) is 24.3 Å². The summed E-state index contributed by atoms with van der Waals surface area (Å²) in [6.45, 7) is 2.27. The van der Waals surface area contributed by atoms with E-state index in [9.17, 15) is 14.4 Å². The van der Waals surface area contributed by atoms with Crippen molar-refractivity contribution >= 4 is 29.0 Å². The van der Waals surface area contributed by atoms with Crippen LogP contribution in [0.5, 0.6) is 0 Å². The van der Waals surface area contributed by atoms with Crippen LogP contribution in [0.25, 0.3) is 0 Å². The molecule has 3 rings (SSSR count). The third-order valence-corrected chi connectivity index (χ3v) is 4.63. The van der Waals surface area contributed by atoms with Crippen molar-refractivity contribution < 1.29 is 14.4 Å². The average molecular weight is 365 g/mol. The summed E-state index contributed by atoms with van der Waals surface area (Å²) in [5, 5.41) is 5.70. The number of nitrogens with one attached hydrogen (secondary N) is 2. The lowest BCUT2D eigenvalue weighted by Crippen LogP contribution is -2.43. The molecule has 1 saturated heterocycles. The lowest BCUT2D eigenvalue weighted by Gasteiger charge is -2.23. The van der Waals surface area contributed by atoms with E-state index < -0.39 is 0 Å². The summed E-state index contributed by atoms with van der Waals surface area (Å²) in [5.74, 6) is -0.439. The third-order valence-electron chi connectivity index (χ3n) is 4.63. The van der Waals surface area contributed by atoms with E-state index in [0.29, 0.717) is 17.8 Å². The summed E-state index contributed by atoms with van der Waals surface area (Å²) in [4.78, 5) is 38.6. The number of nitrogens with zero attached hydrogens (tertiary/aromatic N) is 1. The summed E-state index contributed by atoms with van der Waals surface area (Å²) in [6.07, 6.45) is 1.58. The van der Waals surface area contributed by atoms with E-state index >= 15 is 0 Å². The van der Waals surface area contributed by atoms with Crippen molar-refractivity contribution in [3.8, 4) is 0 Å². The van der Waals surface area contributed by atoms with Gasteiger partial charge in [-0.3, -0.25) is 19.3 Å². The standard InChI is InChI=1S/C21H23N3O3/c1-15(25)17-10-5-6-11-18(17)23-20(26)14-24-13-7-12-19(24)21(27)22-16-8-3-2-4-9-16/h2-6,8-11,19H,7,12-14H2,1H3,(H,22,27)(H,23,26). The zero-order valence-electron chi connectivity index (χ0n) is 15.3. The number of carbonyl (C=O) groups is 3. The zero-order valence-corrected chi connectivity index (χ0v) is 15.3. The maximum absolute atomic E-state index is 12.6. The molecule has 27 heavy (non-hydrogen) atoms. The van der Waals surface area contributed by atoms with Gasteiger partial charge in [0.25, 0.3) is 0 Å². The lowest BCUT2D eigenvalue weighted by atomic mass is 10.1. The number of anilines is 2. The second-order valence-corrected chi connectivity index (χ2v) is 6.63. The highest BCUT2D eigenvalue weighted by atomic mass is 16.2. The highest BCUT2D eigenvalue weighted by Gasteiger charge is 2.32. The van der Waals surface area contributed by atoms with Crippen molar-refractivity contribution in [2.75, 3.05) is 23.7 Å². The molecule has 0 aromatic heterocycles. The Balaban J connectivity index is 1.62. The molecule has 1 unspecified atom stereocenters. The largest absolute Gasteiger partial charge is 0.325 e. The van der Waals surface area contributed by atoms with Crippen LogP contribution in [0.15, 0.2) is 54.6 Å². The summed E-state index contributed by atoms with van der Waals surface area (Å²) in [6, 6.07) is 15.9. The van der Waals surface area contributed by atoms with Crippen LogP contribution in [-0.2, 0) is 9.59 Å². The van der Waals surface area contributed by atoms with E-state index in [-0.39, 0.29) is 30.2 Å². The summed E-state index contributed by atoms with van der Waals surface area (Å²) in [7, 11) is 0. The van der Waals surface area contributed by atoms with Crippen LogP contribution in [0.1, 0.15) is 30.1 Å². The quantitative estimate of drug-likeness (QED) is 0.772. The number of carbonyl (C=O) groups excluding carboxylic acids is 3. The fourth-order valence-corrected chi connectivity index (χ4v) is 3.33. The highest BCUT2D eigenvalue weighted by Crippen LogP contribution is 2.20. The predicted molar refractivity (Wildman–Crippen MR) is 105 cm³/mol. The molecule has 6 nitrogen and oxygen atoms in total. The van der Waals surface area contributed by atoms with Crippen LogP contribution in [0.4, 0.5) is 11.4 Å². The SMILES string of the molecule is CC(=O)c1ccccc1NC(=O)CN1CCCC1C(=O)Nc1ccccc1. The Bertz CT molecular complexity index is 836. The molecule has 0 aliphatic carbocycles. The Labute approximate surface area is 158 Å². The molecule has 1 aliphatic heterocycles. The maximum Gasteiger partial charge on any atom is 0.241 e.